The second kappa shape index (κ2) is 7.69. The lowest BCUT2D eigenvalue weighted by Gasteiger charge is -2.30. The number of carbonyl (C=O) groups is 1. The maximum absolute atomic E-state index is 14.4. The number of rotatable bonds is 4. The van der Waals surface area contributed by atoms with E-state index >= 15 is 0 Å². The molecule has 0 bridgehead atoms. The largest absolute Gasteiger partial charge is 0.378 e. The van der Waals surface area contributed by atoms with Gasteiger partial charge in [-0.05, 0) is 43.2 Å². The molecule has 1 aliphatic heterocycles. The van der Waals surface area contributed by atoms with Crippen molar-refractivity contribution < 1.29 is 13.9 Å². The Morgan fingerprint density at radius 1 is 1.00 bits per heavy atom. The lowest BCUT2D eigenvalue weighted by atomic mass is 9.77. The number of nitrogens with zero attached hydrogens (tertiary/aromatic N) is 1. The predicted molar refractivity (Wildman–Crippen MR) is 105 cm³/mol. The first-order chi connectivity index (χ1) is 13.2. The summed E-state index contributed by atoms with van der Waals surface area (Å²) in [4.78, 5) is 15.4. The zero-order valence-electron chi connectivity index (χ0n) is 15.4. The van der Waals surface area contributed by atoms with Crippen LogP contribution in [0.25, 0.3) is 0 Å². The van der Waals surface area contributed by atoms with Crippen molar-refractivity contribution in [2.45, 2.75) is 31.1 Å². The van der Waals surface area contributed by atoms with Gasteiger partial charge in [-0.25, -0.2) is 4.39 Å². The summed E-state index contributed by atoms with van der Waals surface area (Å²) in [5.41, 5.74) is 1.62. The number of morpholine rings is 1. The number of benzene rings is 2. The van der Waals surface area contributed by atoms with Crippen molar-refractivity contribution in [1.29, 1.82) is 0 Å². The fourth-order valence-electron chi connectivity index (χ4n) is 4.27. The van der Waals surface area contributed by atoms with Crippen molar-refractivity contribution in [3.8, 4) is 0 Å². The van der Waals surface area contributed by atoms with Crippen LogP contribution < -0.4 is 10.2 Å². The third-order valence-corrected chi connectivity index (χ3v) is 5.78. The Bertz CT molecular complexity index is 794. The van der Waals surface area contributed by atoms with Crippen molar-refractivity contribution in [3.63, 3.8) is 0 Å². The summed E-state index contributed by atoms with van der Waals surface area (Å²) >= 11 is 0. The molecule has 2 fully saturated rings. The Labute approximate surface area is 159 Å². The van der Waals surface area contributed by atoms with Crippen LogP contribution in [0.15, 0.2) is 48.5 Å². The average Bonchev–Trinajstić information content (AvgIpc) is 3.21. The minimum Gasteiger partial charge on any atom is -0.378 e. The highest BCUT2D eigenvalue weighted by Crippen LogP contribution is 2.43. The summed E-state index contributed by atoms with van der Waals surface area (Å²) in [6.45, 7) is 3.23. The van der Waals surface area contributed by atoms with Gasteiger partial charge >= 0.3 is 0 Å². The maximum atomic E-state index is 14.4. The van der Waals surface area contributed by atoms with E-state index in [0.717, 1.165) is 50.5 Å². The number of ether oxygens (including phenoxy) is 1. The van der Waals surface area contributed by atoms with Crippen molar-refractivity contribution in [2.24, 2.45) is 0 Å². The maximum Gasteiger partial charge on any atom is 0.235 e. The summed E-state index contributed by atoms with van der Waals surface area (Å²) in [5.74, 6) is -0.401. The van der Waals surface area contributed by atoms with Crippen molar-refractivity contribution in [1.82, 2.24) is 0 Å². The number of hydrogen-bond donors (Lipinski definition) is 1. The molecule has 4 rings (SSSR count). The van der Waals surface area contributed by atoms with Crippen LogP contribution in [0.4, 0.5) is 15.8 Å². The number of hydrogen-bond acceptors (Lipinski definition) is 3. The molecule has 1 aliphatic carbocycles. The summed E-state index contributed by atoms with van der Waals surface area (Å²) in [6.07, 6.45) is 3.26. The van der Waals surface area contributed by atoms with Crippen molar-refractivity contribution in [2.75, 3.05) is 36.5 Å². The molecular formula is C22H25FN2O2. The van der Waals surface area contributed by atoms with E-state index in [2.05, 4.69) is 10.2 Å². The summed E-state index contributed by atoms with van der Waals surface area (Å²) in [7, 11) is 0. The Balaban J connectivity index is 1.52. The van der Waals surface area contributed by atoms with Gasteiger partial charge in [0.25, 0.3) is 0 Å². The fourth-order valence-corrected chi connectivity index (χ4v) is 4.27. The molecule has 5 heteroatoms. The standard InChI is InChI=1S/C22H25FN2O2/c23-20-6-2-1-5-19(20)22(11-3-4-12-22)21(26)24-17-7-9-18(10-8-17)25-13-15-27-16-14-25/h1-2,5-10H,3-4,11-16H2,(H,24,26). The molecule has 1 heterocycles. The second-order valence-corrected chi connectivity index (χ2v) is 7.37. The Hall–Kier alpha value is -2.40. The normalized spacial score (nSPS) is 19.1. The number of nitrogens with one attached hydrogen (secondary N) is 1. The molecule has 142 valence electrons. The summed E-state index contributed by atoms with van der Waals surface area (Å²) in [5, 5.41) is 3.03. The highest BCUT2D eigenvalue weighted by molar-refractivity contribution is 5.99. The van der Waals surface area contributed by atoms with Gasteiger partial charge in [-0.15, -0.1) is 0 Å². The average molecular weight is 368 g/mol. The molecule has 0 spiro atoms. The van der Waals surface area contributed by atoms with Crippen LogP contribution >= 0.6 is 0 Å². The van der Waals surface area contributed by atoms with E-state index in [0.29, 0.717) is 18.4 Å². The summed E-state index contributed by atoms with van der Waals surface area (Å²) in [6, 6.07) is 14.6. The quantitative estimate of drug-likeness (QED) is 0.883. The van der Waals surface area contributed by atoms with Gasteiger partial charge in [-0.3, -0.25) is 4.79 Å². The molecule has 2 aromatic rings. The van der Waals surface area contributed by atoms with Gasteiger partial charge < -0.3 is 15.0 Å². The van der Waals surface area contributed by atoms with Crippen LogP contribution in [0, 0.1) is 5.82 Å². The lowest BCUT2D eigenvalue weighted by molar-refractivity contribution is -0.121. The Morgan fingerprint density at radius 2 is 1.67 bits per heavy atom. The SMILES string of the molecule is O=C(Nc1ccc(N2CCOCC2)cc1)C1(c2ccccc2F)CCCC1. The number of halogens is 1. The van der Waals surface area contributed by atoms with Gasteiger partial charge in [0.2, 0.25) is 5.91 Å². The first-order valence-corrected chi connectivity index (χ1v) is 9.68. The first kappa shape index (κ1) is 18.0. The molecule has 0 unspecified atom stereocenters. The zero-order valence-corrected chi connectivity index (χ0v) is 15.4. The minimum absolute atomic E-state index is 0.107. The van der Waals surface area contributed by atoms with Crippen molar-refractivity contribution >= 4 is 17.3 Å². The summed E-state index contributed by atoms with van der Waals surface area (Å²) < 4.78 is 19.8. The molecule has 0 radical (unpaired) electrons. The van der Waals surface area contributed by atoms with E-state index in [9.17, 15) is 9.18 Å². The van der Waals surface area contributed by atoms with Crippen LogP contribution in [0.5, 0.6) is 0 Å². The molecule has 27 heavy (non-hydrogen) atoms. The molecule has 1 N–H and O–H groups in total. The third kappa shape index (κ3) is 3.56. The smallest absolute Gasteiger partial charge is 0.235 e. The zero-order chi connectivity index (χ0) is 18.7. The first-order valence-electron chi connectivity index (χ1n) is 9.68. The van der Waals surface area contributed by atoms with Gasteiger partial charge in [0.1, 0.15) is 5.82 Å². The molecular weight excluding hydrogens is 343 g/mol. The van der Waals surface area contributed by atoms with E-state index in [-0.39, 0.29) is 11.7 Å². The molecule has 1 saturated carbocycles. The molecule has 0 atom stereocenters. The Kier molecular flexibility index (Phi) is 5.12. The Morgan fingerprint density at radius 3 is 2.33 bits per heavy atom. The van der Waals surface area contributed by atoms with E-state index in [1.165, 1.54) is 6.07 Å². The van der Waals surface area contributed by atoms with Gasteiger partial charge in [-0.1, -0.05) is 31.0 Å². The monoisotopic (exact) mass is 368 g/mol. The third-order valence-electron chi connectivity index (χ3n) is 5.78. The molecule has 4 nitrogen and oxygen atoms in total. The van der Waals surface area contributed by atoms with Crippen molar-refractivity contribution in [3.05, 3.63) is 59.9 Å². The highest BCUT2D eigenvalue weighted by atomic mass is 19.1. The molecule has 2 aromatic carbocycles. The van der Waals surface area contributed by atoms with E-state index in [1.54, 1.807) is 12.1 Å². The van der Waals surface area contributed by atoms with E-state index < -0.39 is 5.41 Å². The van der Waals surface area contributed by atoms with Crippen LogP contribution in [-0.4, -0.2) is 32.2 Å². The van der Waals surface area contributed by atoms with Crippen LogP contribution in [-0.2, 0) is 14.9 Å². The van der Waals surface area contributed by atoms with Crippen LogP contribution in [0.3, 0.4) is 0 Å². The van der Waals surface area contributed by atoms with E-state index in [1.807, 2.05) is 30.3 Å². The molecule has 2 aliphatic rings. The van der Waals surface area contributed by atoms with Gasteiger partial charge in [0.05, 0.1) is 18.6 Å². The van der Waals surface area contributed by atoms with Gasteiger partial charge in [0.15, 0.2) is 0 Å². The number of anilines is 2. The molecule has 0 aromatic heterocycles. The number of amides is 1. The fraction of sp³-hybridized carbons (Fsp3) is 0.409. The van der Waals surface area contributed by atoms with E-state index in [4.69, 9.17) is 4.74 Å². The second-order valence-electron chi connectivity index (χ2n) is 7.37. The lowest BCUT2D eigenvalue weighted by Crippen LogP contribution is -2.38. The minimum atomic E-state index is -0.770. The van der Waals surface area contributed by atoms with Crippen LogP contribution in [0.1, 0.15) is 31.2 Å². The van der Waals surface area contributed by atoms with Crippen LogP contribution in [0.2, 0.25) is 0 Å². The predicted octanol–water partition coefficient (Wildman–Crippen LogP) is 4.11. The topological polar surface area (TPSA) is 41.6 Å². The van der Waals surface area contributed by atoms with Gasteiger partial charge in [0, 0.05) is 30.0 Å². The highest BCUT2D eigenvalue weighted by Gasteiger charge is 2.44. The number of carbonyl (C=O) groups excluding carboxylic acids is 1. The molecule has 1 saturated heterocycles. The van der Waals surface area contributed by atoms with Gasteiger partial charge in [-0.2, -0.15) is 0 Å². The molecule has 1 amide bonds.